The molecule has 106 valence electrons. The first-order valence-electron chi connectivity index (χ1n) is 5.44. The normalized spacial score (nSPS) is 11.2. The van der Waals surface area contributed by atoms with Crippen LogP contribution < -0.4 is 11.3 Å². The number of nitrogen functional groups attached to an aromatic ring is 1. The molecule has 0 fully saturated rings. The van der Waals surface area contributed by atoms with Gasteiger partial charge in [-0.25, -0.2) is 12.8 Å². The minimum Gasteiger partial charge on any atom is -0.341 e. The van der Waals surface area contributed by atoms with Crippen molar-refractivity contribution in [3.63, 3.8) is 0 Å². The average Bonchev–Trinajstić information content (AvgIpc) is 2.33. The Morgan fingerprint density at radius 1 is 1.47 bits per heavy atom. The first-order chi connectivity index (χ1) is 8.76. The van der Waals surface area contributed by atoms with Crippen molar-refractivity contribution >= 4 is 21.4 Å². The Kier molecular flexibility index (Phi) is 4.84. The smallest absolute Gasteiger partial charge is 0.255 e. The molecule has 0 saturated carbocycles. The maximum Gasteiger partial charge on any atom is 0.255 e. The molecule has 0 unspecified atom stereocenters. The second-order valence-electron chi connectivity index (χ2n) is 4.16. The van der Waals surface area contributed by atoms with Crippen LogP contribution in [0.1, 0.15) is 10.4 Å². The van der Waals surface area contributed by atoms with Crippen molar-refractivity contribution in [2.24, 2.45) is 5.84 Å². The van der Waals surface area contributed by atoms with Gasteiger partial charge in [-0.05, 0) is 12.1 Å². The number of amides is 1. The SMILES string of the molecule is CN(CCS(C)(=O)=O)C(=O)c1cccc(F)c1NN. The lowest BCUT2D eigenvalue weighted by Crippen LogP contribution is -2.32. The maximum absolute atomic E-state index is 13.4. The molecule has 8 heteroatoms. The lowest BCUT2D eigenvalue weighted by molar-refractivity contribution is 0.0804. The number of hydrogen-bond acceptors (Lipinski definition) is 5. The molecule has 19 heavy (non-hydrogen) atoms. The molecule has 6 nitrogen and oxygen atoms in total. The molecule has 1 aromatic rings. The number of carbonyl (C=O) groups is 1. The third kappa shape index (κ3) is 4.18. The van der Waals surface area contributed by atoms with E-state index in [4.69, 9.17) is 5.84 Å². The number of anilines is 1. The molecular weight excluding hydrogens is 273 g/mol. The van der Waals surface area contributed by atoms with Crippen LogP contribution >= 0.6 is 0 Å². The number of nitrogens with zero attached hydrogens (tertiary/aromatic N) is 1. The van der Waals surface area contributed by atoms with E-state index in [1.807, 2.05) is 0 Å². The van der Waals surface area contributed by atoms with Gasteiger partial charge in [0.25, 0.3) is 5.91 Å². The summed E-state index contributed by atoms with van der Waals surface area (Å²) in [5, 5.41) is 0. The van der Waals surface area contributed by atoms with Gasteiger partial charge >= 0.3 is 0 Å². The van der Waals surface area contributed by atoms with E-state index in [0.717, 1.165) is 6.26 Å². The fourth-order valence-corrected chi connectivity index (χ4v) is 2.06. The number of benzene rings is 1. The van der Waals surface area contributed by atoms with Crippen LogP contribution in [-0.4, -0.2) is 44.8 Å². The van der Waals surface area contributed by atoms with Gasteiger partial charge in [0.2, 0.25) is 0 Å². The van der Waals surface area contributed by atoms with E-state index in [0.29, 0.717) is 0 Å². The van der Waals surface area contributed by atoms with Gasteiger partial charge in [0.15, 0.2) is 0 Å². The Morgan fingerprint density at radius 2 is 2.11 bits per heavy atom. The van der Waals surface area contributed by atoms with Crippen LogP contribution in [0.5, 0.6) is 0 Å². The molecule has 0 radical (unpaired) electrons. The maximum atomic E-state index is 13.4. The Bertz CT molecular complexity index is 575. The fourth-order valence-electron chi connectivity index (χ4n) is 1.46. The number of hydrazine groups is 1. The van der Waals surface area contributed by atoms with Crippen molar-refractivity contribution in [3.05, 3.63) is 29.6 Å². The second kappa shape index (κ2) is 5.98. The Balaban J connectivity index is 2.91. The summed E-state index contributed by atoms with van der Waals surface area (Å²) in [4.78, 5) is 13.3. The zero-order valence-corrected chi connectivity index (χ0v) is 11.5. The van der Waals surface area contributed by atoms with Crippen LogP contribution in [0.15, 0.2) is 18.2 Å². The summed E-state index contributed by atoms with van der Waals surface area (Å²) in [6.07, 6.45) is 1.08. The third-order valence-electron chi connectivity index (χ3n) is 2.53. The van der Waals surface area contributed by atoms with Gasteiger partial charge in [-0.15, -0.1) is 0 Å². The largest absolute Gasteiger partial charge is 0.341 e. The molecule has 0 aliphatic carbocycles. The van der Waals surface area contributed by atoms with Crippen molar-refractivity contribution < 1.29 is 17.6 Å². The summed E-state index contributed by atoms with van der Waals surface area (Å²) in [5.74, 6) is 3.87. The van der Waals surface area contributed by atoms with Crippen LogP contribution in [0.4, 0.5) is 10.1 Å². The van der Waals surface area contributed by atoms with E-state index >= 15 is 0 Å². The summed E-state index contributed by atoms with van der Waals surface area (Å²) in [6.45, 7) is 0.0260. The van der Waals surface area contributed by atoms with Crippen molar-refractivity contribution in [1.82, 2.24) is 4.90 Å². The summed E-state index contributed by atoms with van der Waals surface area (Å²) in [7, 11) is -1.72. The van der Waals surface area contributed by atoms with Gasteiger partial charge in [-0.3, -0.25) is 10.6 Å². The molecular formula is C11H16FN3O3S. The summed E-state index contributed by atoms with van der Waals surface area (Å²) in [5.41, 5.74) is 2.07. The van der Waals surface area contributed by atoms with Crippen LogP contribution in [-0.2, 0) is 9.84 Å². The highest BCUT2D eigenvalue weighted by atomic mass is 32.2. The molecule has 0 bridgehead atoms. The van der Waals surface area contributed by atoms with E-state index in [2.05, 4.69) is 5.43 Å². The zero-order chi connectivity index (χ0) is 14.6. The molecule has 0 atom stereocenters. The van der Waals surface area contributed by atoms with Crippen LogP contribution in [0, 0.1) is 5.82 Å². The molecule has 0 aliphatic heterocycles. The van der Waals surface area contributed by atoms with Gasteiger partial charge in [-0.1, -0.05) is 6.07 Å². The highest BCUT2D eigenvalue weighted by Crippen LogP contribution is 2.19. The first kappa shape index (κ1) is 15.4. The van der Waals surface area contributed by atoms with Crippen LogP contribution in [0.25, 0.3) is 0 Å². The number of para-hydroxylation sites is 1. The van der Waals surface area contributed by atoms with Crippen LogP contribution in [0.2, 0.25) is 0 Å². The molecule has 1 aromatic carbocycles. The lowest BCUT2D eigenvalue weighted by Gasteiger charge is -2.18. The van der Waals surface area contributed by atoms with E-state index in [1.54, 1.807) is 0 Å². The number of nitrogens with one attached hydrogen (secondary N) is 1. The molecule has 3 N–H and O–H groups in total. The minimum atomic E-state index is -3.17. The van der Waals surface area contributed by atoms with Crippen molar-refractivity contribution in [3.8, 4) is 0 Å². The standard InChI is InChI=1S/C11H16FN3O3S/c1-15(6-7-19(2,17)18)11(16)8-4-3-5-9(12)10(8)14-13/h3-5,14H,6-7,13H2,1-2H3. The van der Waals surface area contributed by atoms with Crippen molar-refractivity contribution in [2.75, 3.05) is 31.0 Å². The molecule has 1 amide bonds. The fraction of sp³-hybridized carbons (Fsp3) is 0.364. The summed E-state index contributed by atoms with van der Waals surface area (Å²) >= 11 is 0. The molecule has 1 rings (SSSR count). The van der Waals surface area contributed by atoms with Gasteiger partial charge < -0.3 is 10.3 Å². The highest BCUT2D eigenvalue weighted by molar-refractivity contribution is 7.90. The molecule has 0 aromatic heterocycles. The minimum absolute atomic E-state index is 0.0260. The van der Waals surface area contributed by atoms with Crippen molar-refractivity contribution in [2.45, 2.75) is 0 Å². The topological polar surface area (TPSA) is 92.5 Å². The first-order valence-corrected chi connectivity index (χ1v) is 7.50. The van der Waals surface area contributed by atoms with E-state index < -0.39 is 21.6 Å². The van der Waals surface area contributed by atoms with E-state index in [1.165, 1.54) is 30.1 Å². The number of sulfone groups is 1. The Morgan fingerprint density at radius 3 is 2.63 bits per heavy atom. The summed E-state index contributed by atoms with van der Waals surface area (Å²) in [6, 6.07) is 3.97. The Labute approximate surface area is 111 Å². The zero-order valence-electron chi connectivity index (χ0n) is 10.7. The Hall–Kier alpha value is -1.67. The third-order valence-corrected chi connectivity index (χ3v) is 3.46. The highest BCUT2D eigenvalue weighted by Gasteiger charge is 2.18. The van der Waals surface area contributed by atoms with Gasteiger partial charge in [0, 0.05) is 19.8 Å². The average molecular weight is 289 g/mol. The monoisotopic (exact) mass is 289 g/mol. The van der Waals surface area contributed by atoms with Gasteiger partial charge in [0.05, 0.1) is 17.0 Å². The number of rotatable bonds is 5. The molecule has 0 heterocycles. The summed E-state index contributed by atoms with van der Waals surface area (Å²) < 4.78 is 35.5. The molecule has 0 aliphatic rings. The quantitative estimate of drug-likeness (QED) is 0.598. The molecule has 0 spiro atoms. The van der Waals surface area contributed by atoms with Crippen molar-refractivity contribution in [1.29, 1.82) is 0 Å². The van der Waals surface area contributed by atoms with E-state index in [-0.39, 0.29) is 23.5 Å². The number of nitrogens with two attached hydrogens (primary N) is 1. The second-order valence-corrected chi connectivity index (χ2v) is 6.42. The van der Waals surface area contributed by atoms with E-state index in [9.17, 15) is 17.6 Å². The number of carbonyl (C=O) groups excluding carboxylic acids is 1. The molecule has 0 saturated heterocycles. The number of halogens is 1. The predicted molar refractivity (Wildman–Crippen MR) is 70.9 cm³/mol. The lowest BCUT2D eigenvalue weighted by atomic mass is 10.1. The van der Waals surface area contributed by atoms with Gasteiger partial charge in [0.1, 0.15) is 15.7 Å². The van der Waals surface area contributed by atoms with Gasteiger partial charge in [-0.2, -0.15) is 0 Å². The predicted octanol–water partition coefficient (Wildman–Crippen LogP) is 0.228. The van der Waals surface area contributed by atoms with Crippen LogP contribution in [0.3, 0.4) is 0 Å². The number of hydrogen-bond donors (Lipinski definition) is 2.